The van der Waals surface area contributed by atoms with Gasteiger partial charge in [0, 0.05) is 53.9 Å². The molecule has 0 saturated heterocycles. The van der Waals surface area contributed by atoms with E-state index in [-0.39, 0.29) is 54.7 Å². The van der Waals surface area contributed by atoms with Crippen LogP contribution in [-0.2, 0) is 14.8 Å². The van der Waals surface area contributed by atoms with Crippen molar-refractivity contribution in [2.24, 2.45) is 0 Å². The molecule has 0 unspecified atom stereocenters. The molecule has 0 spiro atoms. The van der Waals surface area contributed by atoms with Gasteiger partial charge in [-0.15, -0.1) is 0 Å². The molecule has 4 rings (SSSR count). The van der Waals surface area contributed by atoms with Crippen LogP contribution in [0.15, 0.2) is 84.3 Å². The van der Waals surface area contributed by atoms with Gasteiger partial charge in [-0.05, 0) is 61.5 Å². The summed E-state index contributed by atoms with van der Waals surface area (Å²) in [4.78, 5) is 28.2. The number of ether oxygens (including phenoxy) is 2. The number of nitrogens with one attached hydrogen (secondary N) is 2. The zero-order valence-corrected chi connectivity index (χ0v) is 26.2. The second kappa shape index (κ2) is 14.8. The third-order valence-corrected chi connectivity index (χ3v) is 8.82. The topological polar surface area (TPSA) is 153 Å². The van der Waals surface area contributed by atoms with Crippen molar-refractivity contribution in [2.45, 2.75) is 18.2 Å². The fourth-order valence-corrected chi connectivity index (χ4v) is 6.09. The minimum atomic E-state index is -4.03. The number of nitrogens with zero attached hydrogens (tertiary/aromatic N) is 3. The lowest BCUT2D eigenvalue weighted by Crippen LogP contribution is -2.37. The first kappa shape index (κ1) is 33.2. The lowest BCUT2D eigenvalue weighted by atomic mass is 10.1. The molecule has 1 heterocycles. The summed E-state index contributed by atoms with van der Waals surface area (Å²) in [6, 6.07) is 17.0. The van der Waals surface area contributed by atoms with Crippen LogP contribution in [0.1, 0.15) is 12.1 Å². The van der Waals surface area contributed by atoms with Crippen molar-refractivity contribution in [1.82, 2.24) is 9.29 Å². The number of nitro groups is 1. The second-order valence-corrected chi connectivity index (χ2v) is 12.2. The number of amides is 1. The van der Waals surface area contributed by atoms with Crippen molar-refractivity contribution >= 4 is 55.5 Å². The molecule has 0 bridgehead atoms. The van der Waals surface area contributed by atoms with E-state index in [0.717, 1.165) is 22.3 Å². The molecule has 4 aromatic rings. The number of carbonyl (C=O) groups is 1. The molecule has 0 aliphatic carbocycles. The van der Waals surface area contributed by atoms with Crippen molar-refractivity contribution < 1.29 is 27.6 Å². The molecule has 0 radical (unpaired) electrons. The molecule has 236 valence electrons. The van der Waals surface area contributed by atoms with Crippen molar-refractivity contribution in [3.05, 3.63) is 100 Å². The quantitative estimate of drug-likeness (QED) is 0.0919. The average molecular weight is 654 g/mol. The predicted octanol–water partition coefficient (Wildman–Crippen LogP) is 5.81. The zero-order valence-electron chi connectivity index (χ0n) is 24.7. The van der Waals surface area contributed by atoms with Crippen LogP contribution < -0.4 is 20.1 Å². The Hall–Kier alpha value is -4.72. The predicted molar refractivity (Wildman–Crippen MR) is 174 cm³/mol. The number of rotatable bonds is 15. The maximum atomic E-state index is 13.7. The first-order chi connectivity index (χ1) is 21.5. The number of hydrogen-bond acceptors (Lipinski definition) is 9. The Labute approximate surface area is 265 Å². The van der Waals surface area contributed by atoms with E-state index in [0.29, 0.717) is 10.8 Å². The zero-order chi connectivity index (χ0) is 32.6. The summed E-state index contributed by atoms with van der Waals surface area (Å²) in [6.07, 6.45) is 1.26. The van der Waals surface area contributed by atoms with Gasteiger partial charge in [0.2, 0.25) is 15.9 Å². The Bertz CT molecular complexity index is 1820. The van der Waals surface area contributed by atoms with Gasteiger partial charge in [0.1, 0.15) is 18.1 Å². The number of anilines is 2. The van der Waals surface area contributed by atoms with Crippen LogP contribution in [0.3, 0.4) is 0 Å². The Kier molecular flexibility index (Phi) is 10.9. The molecule has 3 aromatic carbocycles. The fourth-order valence-electron chi connectivity index (χ4n) is 4.48. The number of benzene rings is 3. The minimum absolute atomic E-state index is 0.0241. The number of fused-ring (bicyclic) bond motifs is 1. The Morgan fingerprint density at radius 3 is 2.53 bits per heavy atom. The van der Waals surface area contributed by atoms with Gasteiger partial charge in [0.05, 0.1) is 34.2 Å². The summed E-state index contributed by atoms with van der Waals surface area (Å²) in [5.41, 5.74) is 2.25. The van der Waals surface area contributed by atoms with E-state index in [4.69, 9.17) is 21.1 Å². The van der Waals surface area contributed by atoms with E-state index in [1.165, 1.54) is 47.8 Å². The monoisotopic (exact) mass is 653 g/mol. The normalized spacial score (nSPS) is 11.3. The van der Waals surface area contributed by atoms with E-state index in [1.807, 2.05) is 19.1 Å². The molecule has 0 aliphatic rings. The van der Waals surface area contributed by atoms with Crippen LogP contribution in [0.2, 0.25) is 5.02 Å². The molecule has 0 fully saturated rings. The maximum Gasteiger partial charge on any atom is 0.273 e. The molecular formula is C31H32ClN5O7S. The van der Waals surface area contributed by atoms with E-state index < -0.39 is 20.9 Å². The van der Waals surface area contributed by atoms with Crippen LogP contribution in [0.4, 0.5) is 17.1 Å². The summed E-state index contributed by atoms with van der Waals surface area (Å²) in [6.45, 7) is 5.57. The molecule has 0 saturated carbocycles. The number of halogens is 1. The number of sulfonamides is 1. The molecule has 45 heavy (non-hydrogen) atoms. The van der Waals surface area contributed by atoms with E-state index >= 15 is 0 Å². The Morgan fingerprint density at radius 2 is 1.84 bits per heavy atom. The average Bonchev–Trinajstić information content (AvgIpc) is 3.02. The largest absolute Gasteiger partial charge is 0.497 e. The van der Waals surface area contributed by atoms with Crippen molar-refractivity contribution in [1.29, 1.82) is 0 Å². The number of carbonyl (C=O) groups excluding carboxylic acids is 1. The molecule has 0 atom stereocenters. The van der Waals surface area contributed by atoms with E-state index in [1.54, 1.807) is 24.3 Å². The molecule has 1 aromatic heterocycles. The van der Waals surface area contributed by atoms with Crippen molar-refractivity contribution in [3.8, 4) is 11.5 Å². The van der Waals surface area contributed by atoms with Gasteiger partial charge in [-0.2, -0.15) is 4.31 Å². The molecule has 1 amide bonds. The number of methoxy groups -OCH3 is 1. The molecule has 2 N–H and O–H groups in total. The summed E-state index contributed by atoms with van der Waals surface area (Å²) in [5, 5.41) is 18.5. The van der Waals surface area contributed by atoms with Crippen LogP contribution in [0, 0.1) is 17.0 Å². The lowest BCUT2D eigenvalue weighted by molar-refractivity contribution is -0.384. The van der Waals surface area contributed by atoms with E-state index in [9.17, 15) is 23.3 Å². The van der Waals surface area contributed by atoms with Crippen LogP contribution in [0.5, 0.6) is 11.5 Å². The van der Waals surface area contributed by atoms with E-state index in [2.05, 4.69) is 22.2 Å². The van der Waals surface area contributed by atoms with Crippen molar-refractivity contribution in [2.75, 3.05) is 44.0 Å². The van der Waals surface area contributed by atoms with Gasteiger partial charge >= 0.3 is 0 Å². The summed E-state index contributed by atoms with van der Waals surface area (Å²) < 4.78 is 39.3. The number of nitro benzene ring substituents is 1. The summed E-state index contributed by atoms with van der Waals surface area (Å²) in [5.74, 6) is 0.0719. The molecule has 14 heteroatoms. The lowest BCUT2D eigenvalue weighted by Gasteiger charge is -2.23. The highest BCUT2D eigenvalue weighted by Crippen LogP contribution is 2.30. The first-order valence-corrected chi connectivity index (χ1v) is 15.6. The third kappa shape index (κ3) is 8.47. The number of non-ortho nitro benzene ring substituents is 1. The number of aromatic nitrogens is 1. The highest BCUT2D eigenvalue weighted by atomic mass is 35.5. The minimum Gasteiger partial charge on any atom is -0.497 e. The Balaban J connectivity index is 1.53. The van der Waals surface area contributed by atoms with Gasteiger partial charge in [-0.3, -0.25) is 19.9 Å². The molecular weight excluding hydrogens is 622 g/mol. The Morgan fingerprint density at radius 1 is 1.09 bits per heavy atom. The smallest absolute Gasteiger partial charge is 0.273 e. The summed E-state index contributed by atoms with van der Waals surface area (Å²) >= 11 is 6.22. The van der Waals surface area contributed by atoms with Gasteiger partial charge in [-0.25, -0.2) is 8.42 Å². The van der Waals surface area contributed by atoms with Crippen LogP contribution in [0.25, 0.3) is 10.9 Å². The van der Waals surface area contributed by atoms with Crippen LogP contribution >= 0.6 is 11.6 Å². The standard InChI is InChI=1S/C31H32ClN5O7S/c1-4-17-44-30-20-23(37(39)40)6-12-28(30)35-31(38)13-15-36(45(41,42)25-9-7-24(43-3)8-10-25)16-14-33-29-18-21(2)34-27-11-5-22(32)19-26(27)29/h4-12,18-20H,1,13-17H2,2-3H3,(H,33,34)(H,35,38). The highest BCUT2D eigenvalue weighted by molar-refractivity contribution is 7.89. The number of hydrogen-bond donors (Lipinski definition) is 2. The van der Waals surface area contributed by atoms with Gasteiger partial charge < -0.3 is 20.1 Å². The first-order valence-electron chi connectivity index (χ1n) is 13.8. The molecule has 0 aliphatic heterocycles. The third-order valence-electron chi connectivity index (χ3n) is 6.67. The summed E-state index contributed by atoms with van der Waals surface area (Å²) in [7, 11) is -2.55. The highest BCUT2D eigenvalue weighted by Gasteiger charge is 2.25. The number of pyridine rings is 1. The SMILES string of the molecule is C=CCOc1cc([N+](=O)[O-])ccc1NC(=O)CCN(CCNc1cc(C)nc2ccc(Cl)cc12)S(=O)(=O)c1ccc(OC)cc1. The fraction of sp³-hybridized carbons (Fsp3) is 0.226. The van der Waals surface area contributed by atoms with Crippen LogP contribution in [-0.4, -0.2) is 61.9 Å². The maximum absolute atomic E-state index is 13.7. The van der Waals surface area contributed by atoms with Gasteiger partial charge in [0.15, 0.2) is 0 Å². The second-order valence-electron chi connectivity index (χ2n) is 9.81. The van der Waals surface area contributed by atoms with Crippen molar-refractivity contribution in [3.63, 3.8) is 0 Å². The van der Waals surface area contributed by atoms with Gasteiger partial charge in [0.25, 0.3) is 5.69 Å². The van der Waals surface area contributed by atoms with Gasteiger partial charge in [-0.1, -0.05) is 24.3 Å². The molecule has 12 nitrogen and oxygen atoms in total. The number of aryl methyl sites for hydroxylation is 1.